The maximum atomic E-state index is 12.0. The zero-order chi connectivity index (χ0) is 20.3. The van der Waals surface area contributed by atoms with Crippen LogP contribution in [0.5, 0.6) is 0 Å². The summed E-state index contributed by atoms with van der Waals surface area (Å²) < 4.78 is 0. The van der Waals surface area contributed by atoms with Crippen molar-refractivity contribution in [2.24, 2.45) is 4.99 Å². The summed E-state index contributed by atoms with van der Waals surface area (Å²) in [4.78, 5) is 21.5. The summed E-state index contributed by atoms with van der Waals surface area (Å²) in [5.41, 5.74) is 0. The molecule has 1 aliphatic rings. The third kappa shape index (κ3) is 6.83. The Morgan fingerprint density at radius 1 is 1.10 bits per heavy atom. The monoisotopic (exact) mass is 433 g/mol. The van der Waals surface area contributed by atoms with E-state index in [2.05, 4.69) is 45.3 Å². The quantitative estimate of drug-likeness (QED) is 0.305. The summed E-state index contributed by atoms with van der Waals surface area (Å²) in [5.74, 6) is 0.850. The molecule has 3 heterocycles. The van der Waals surface area contributed by atoms with Gasteiger partial charge in [0.15, 0.2) is 5.96 Å². The Morgan fingerprint density at radius 2 is 1.86 bits per heavy atom. The van der Waals surface area contributed by atoms with E-state index in [0.29, 0.717) is 12.6 Å². The van der Waals surface area contributed by atoms with Gasteiger partial charge in [0.25, 0.3) is 5.91 Å². The molecule has 0 radical (unpaired) electrons. The number of thiophene rings is 2. The number of nitrogens with zero attached hydrogens (tertiary/aromatic N) is 2. The van der Waals surface area contributed by atoms with Crippen LogP contribution in [0.3, 0.4) is 0 Å². The molecule has 3 rings (SSSR count). The fourth-order valence-electron chi connectivity index (χ4n) is 3.43. The van der Waals surface area contributed by atoms with E-state index in [9.17, 15) is 4.79 Å². The van der Waals surface area contributed by atoms with Gasteiger partial charge in [-0.25, -0.2) is 0 Å². The Kier molecular flexibility index (Phi) is 8.98. The van der Waals surface area contributed by atoms with Crippen LogP contribution >= 0.6 is 22.7 Å². The molecule has 3 N–H and O–H groups in total. The van der Waals surface area contributed by atoms with Gasteiger partial charge >= 0.3 is 0 Å². The van der Waals surface area contributed by atoms with Crippen molar-refractivity contribution in [3.8, 4) is 0 Å². The molecule has 0 saturated carbocycles. The van der Waals surface area contributed by atoms with E-state index >= 15 is 0 Å². The molecule has 0 bridgehead atoms. The number of likely N-dealkylation sites (tertiary alicyclic amines) is 1. The van der Waals surface area contributed by atoms with Crippen LogP contribution in [0.1, 0.15) is 46.8 Å². The molecule has 158 valence electrons. The molecule has 2 aromatic rings. The Balaban J connectivity index is 1.46. The van der Waals surface area contributed by atoms with Crippen LogP contribution in [0.2, 0.25) is 0 Å². The molecule has 1 aliphatic heterocycles. The second-order valence-corrected chi connectivity index (χ2v) is 8.93. The lowest BCUT2D eigenvalue weighted by Gasteiger charge is -2.25. The van der Waals surface area contributed by atoms with Crippen molar-refractivity contribution >= 4 is 34.5 Å². The van der Waals surface area contributed by atoms with Gasteiger partial charge in [0, 0.05) is 24.5 Å². The van der Waals surface area contributed by atoms with E-state index in [-0.39, 0.29) is 5.91 Å². The summed E-state index contributed by atoms with van der Waals surface area (Å²) in [5, 5.41) is 13.8. The predicted octanol–water partition coefficient (Wildman–Crippen LogP) is 3.32. The van der Waals surface area contributed by atoms with Crippen LogP contribution in [0, 0.1) is 0 Å². The van der Waals surface area contributed by atoms with Crippen molar-refractivity contribution in [3.05, 3.63) is 44.8 Å². The number of amides is 1. The molecular formula is C21H31N5OS2. The second kappa shape index (κ2) is 11.9. The smallest absolute Gasteiger partial charge is 0.261 e. The van der Waals surface area contributed by atoms with Gasteiger partial charge in [-0.05, 0) is 62.2 Å². The number of rotatable bonds is 10. The van der Waals surface area contributed by atoms with Crippen molar-refractivity contribution in [2.75, 3.05) is 39.3 Å². The maximum absolute atomic E-state index is 12.0. The summed E-state index contributed by atoms with van der Waals surface area (Å²) >= 11 is 3.28. The number of hydrogen-bond donors (Lipinski definition) is 3. The standard InChI is InChI=1S/C21H31N5OS2/c1-2-22-21(24-11-7-10-23-20(27)19-9-6-15-29-19)25-16-17(18-8-5-14-28-18)26-12-3-4-13-26/h5-6,8-9,14-15,17H,2-4,7,10-13,16H2,1H3,(H,23,27)(H2,22,24,25). The van der Waals surface area contributed by atoms with E-state index in [1.54, 1.807) is 0 Å². The molecular weight excluding hydrogens is 402 g/mol. The number of nitrogens with one attached hydrogen (secondary N) is 3. The number of hydrogen-bond acceptors (Lipinski definition) is 5. The number of guanidine groups is 1. The van der Waals surface area contributed by atoms with E-state index in [1.807, 2.05) is 28.8 Å². The zero-order valence-electron chi connectivity index (χ0n) is 17.0. The minimum atomic E-state index is 0.00461. The molecule has 0 spiro atoms. The average Bonchev–Trinajstić information content (AvgIpc) is 3.51. The van der Waals surface area contributed by atoms with Gasteiger partial charge in [0.1, 0.15) is 0 Å². The zero-order valence-corrected chi connectivity index (χ0v) is 18.7. The summed E-state index contributed by atoms with van der Waals surface area (Å²) in [6.07, 6.45) is 3.41. The highest BCUT2D eigenvalue weighted by Crippen LogP contribution is 2.28. The van der Waals surface area contributed by atoms with Crippen molar-refractivity contribution < 1.29 is 4.79 Å². The highest BCUT2D eigenvalue weighted by molar-refractivity contribution is 7.12. The summed E-state index contributed by atoms with van der Waals surface area (Å²) in [7, 11) is 0. The molecule has 6 nitrogen and oxygen atoms in total. The van der Waals surface area contributed by atoms with Gasteiger partial charge in [-0.2, -0.15) is 0 Å². The fraction of sp³-hybridized carbons (Fsp3) is 0.524. The number of carbonyl (C=O) groups excluding carboxylic acids is 1. The van der Waals surface area contributed by atoms with Gasteiger partial charge in [0.2, 0.25) is 0 Å². The Labute approximate surface area is 181 Å². The first-order valence-corrected chi connectivity index (χ1v) is 12.1. The second-order valence-electron chi connectivity index (χ2n) is 7.01. The van der Waals surface area contributed by atoms with Crippen LogP contribution in [-0.2, 0) is 0 Å². The molecule has 1 amide bonds. The first kappa shape index (κ1) is 21.8. The topological polar surface area (TPSA) is 68.8 Å². The maximum Gasteiger partial charge on any atom is 0.261 e. The van der Waals surface area contributed by atoms with Crippen molar-refractivity contribution in [3.63, 3.8) is 0 Å². The van der Waals surface area contributed by atoms with Gasteiger partial charge in [-0.15, -0.1) is 22.7 Å². The highest BCUT2D eigenvalue weighted by atomic mass is 32.1. The molecule has 1 fully saturated rings. The van der Waals surface area contributed by atoms with Crippen LogP contribution in [0.15, 0.2) is 40.0 Å². The Bertz CT molecular complexity index is 739. The molecule has 1 atom stereocenters. The first-order chi connectivity index (χ1) is 14.3. The van der Waals surface area contributed by atoms with Gasteiger partial charge < -0.3 is 16.0 Å². The normalized spacial score (nSPS) is 16.0. The third-order valence-electron chi connectivity index (χ3n) is 4.90. The summed E-state index contributed by atoms with van der Waals surface area (Å²) in [6, 6.07) is 8.45. The van der Waals surface area contributed by atoms with Crippen LogP contribution < -0.4 is 16.0 Å². The molecule has 0 aromatic carbocycles. The molecule has 29 heavy (non-hydrogen) atoms. The number of carbonyl (C=O) groups is 1. The lowest BCUT2D eigenvalue weighted by Crippen LogP contribution is -2.39. The molecule has 1 unspecified atom stereocenters. The minimum Gasteiger partial charge on any atom is -0.357 e. The van der Waals surface area contributed by atoms with E-state index < -0.39 is 0 Å². The fourth-order valence-corrected chi connectivity index (χ4v) is 4.92. The van der Waals surface area contributed by atoms with Crippen molar-refractivity contribution in [1.29, 1.82) is 0 Å². The van der Waals surface area contributed by atoms with Crippen molar-refractivity contribution in [2.45, 2.75) is 32.2 Å². The lowest BCUT2D eigenvalue weighted by molar-refractivity contribution is 0.0957. The minimum absolute atomic E-state index is 0.00461. The highest BCUT2D eigenvalue weighted by Gasteiger charge is 2.24. The van der Waals surface area contributed by atoms with Crippen LogP contribution in [-0.4, -0.2) is 56.0 Å². The van der Waals surface area contributed by atoms with Crippen LogP contribution in [0.25, 0.3) is 0 Å². The molecule has 8 heteroatoms. The van der Waals surface area contributed by atoms with Crippen molar-refractivity contribution in [1.82, 2.24) is 20.9 Å². The van der Waals surface area contributed by atoms with Gasteiger partial charge in [-0.1, -0.05) is 12.1 Å². The van der Waals surface area contributed by atoms with Crippen LogP contribution in [0.4, 0.5) is 0 Å². The lowest BCUT2D eigenvalue weighted by atomic mass is 10.2. The van der Waals surface area contributed by atoms with E-state index in [0.717, 1.165) is 50.0 Å². The SMILES string of the molecule is CCNC(=NCC(c1cccs1)N1CCCC1)NCCCNC(=O)c1cccs1. The molecule has 2 aromatic heterocycles. The summed E-state index contributed by atoms with van der Waals surface area (Å²) in [6.45, 7) is 7.39. The van der Waals surface area contributed by atoms with Gasteiger partial charge in [-0.3, -0.25) is 14.7 Å². The van der Waals surface area contributed by atoms with E-state index in [1.165, 1.54) is 29.1 Å². The van der Waals surface area contributed by atoms with Gasteiger partial charge in [0.05, 0.1) is 17.5 Å². The Hall–Kier alpha value is -1.90. The molecule has 0 aliphatic carbocycles. The average molecular weight is 434 g/mol. The number of aliphatic imine (C=N–C) groups is 1. The first-order valence-electron chi connectivity index (χ1n) is 10.4. The molecule has 1 saturated heterocycles. The third-order valence-corrected chi connectivity index (χ3v) is 6.74. The van der Waals surface area contributed by atoms with E-state index in [4.69, 9.17) is 4.99 Å². The largest absolute Gasteiger partial charge is 0.357 e. The Morgan fingerprint density at radius 3 is 2.55 bits per heavy atom. The predicted molar refractivity (Wildman–Crippen MR) is 123 cm³/mol.